The topological polar surface area (TPSA) is 15.8 Å². The molecule has 0 aromatic carbocycles. The number of H-pyrrole nitrogens is 1. The Morgan fingerprint density at radius 3 is 1.79 bits per heavy atom. The Bertz CT molecular complexity index is 712. The zero-order valence-electron chi connectivity index (χ0n) is 17.6. The number of aromatic nitrogens is 1. The fourth-order valence-corrected chi connectivity index (χ4v) is 8.25. The van der Waals surface area contributed by atoms with Crippen LogP contribution in [0.15, 0.2) is 26.1 Å². The molecule has 0 atom stereocenters. The first-order chi connectivity index (χ1) is 10.7. The van der Waals surface area contributed by atoms with Gasteiger partial charge in [-0.05, 0) is 0 Å². The van der Waals surface area contributed by atoms with Crippen molar-refractivity contribution < 1.29 is 23.2 Å². The Balaban J connectivity index is 2.53. The van der Waals surface area contributed by atoms with Gasteiger partial charge < -0.3 is 0 Å². The average molecular weight is 405 g/mol. The van der Waals surface area contributed by atoms with Gasteiger partial charge in [-0.25, -0.2) is 0 Å². The van der Waals surface area contributed by atoms with E-state index in [1.54, 1.807) is 17.7 Å². The van der Waals surface area contributed by atoms with Crippen molar-refractivity contribution in [3.05, 3.63) is 37.5 Å². The number of allylic oxidation sites excluding steroid dienone is 4. The molecule has 1 aliphatic carbocycles. The number of nitrogens with one attached hydrogen (secondary N) is 1. The number of hydrogen-bond donors (Lipinski definition) is 1. The molecule has 1 aromatic heterocycles. The van der Waals surface area contributed by atoms with Crippen molar-refractivity contribution in [3.63, 3.8) is 0 Å². The Hall–Kier alpha value is -0.357. The second kappa shape index (κ2) is 6.12. The van der Waals surface area contributed by atoms with Crippen molar-refractivity contribution in [1.82, 2.24) is 4.98 Å². The molecule has 1 nitrogen and oxygen atoms in total. The van der Waals surface area contributed by atoms with Crippen LogP contribution in [0.3, 0.4) is 0 Å². The molecule has 1 aliphatic rings. The van der Waals surface area contributed by atoms with Gasteiger partial charge in [-0.3, -0.25) is 0 Å². The number of rotatable bonds is 2. The van der Waals surface area contributed by atoms with Gasteiger partial charge in [0, 0.05) is 0 Å². The van der Waals surface area contributed by atoms with Crippen molar-refractivity contribution in [2.75, 3.05) is 0 Å². The van der Waals surface area contributed by atoms with E-state index in [4.69, 9.17) is 0 Å². The van der Waals surface area contributed by atoms with Crippen molar-refractivity contribution in [3.8, 4) is 0 Å². The molecular formula is C22H35NZr. The predicted octanol–water partition coefficient (Wildman–Crippen LogP) is 5.97. The van der Waals surface area contributed by atoms with Gasteiger partial charge in [-0.15, -0.1) is 0 Å². The van der Waals surface area contributed by atoms with Crippen LogP contribution in [0.1, 0.15) is 87.5 Å². The minimum atomic E-state index is -0.834. The van der Waals surface area contributed by atoms with Gasteiger partial charge in [0.2, 0.25) is 0 Å². The molecule has 0 fully saturated rings. The van der Waals surface area contributed by atoms with Gasteiger partial charge >= 0.3 is 161 Å². The van der Waals surface area contributed by atoms with Crippen molar-refractivity contribution in [2.24, 2.45) is 5.41 Å². The van der Waals surface area contributed by atoms with E-state index < -0.39 is 23.2 Å². The quantitative estimate of drug-likeness (QED) is 0.625. The molecule has 24 heavy (non-hydrogen) atoms. The van der Waals surface area contributed by atoms with Gasteiger partial charge in [0.25, 0.3) is 0 Å². The molecule has 0 saturated carbocycles. The normalized spacial score (nSPS) is 18.6. The van der Waals surface area contributed by atoms with E-state index in [0.717, 1.165) is 0 Å². The average Bonchev–Trinajstić information content (AvgIpc) is 2.90. The van der Waals surface area contributed by atoms with Gasteiger partial charge in [0.15, 0.2) is 0 Å². The predicted molar refractivity (Wildman–Crippen MR) is 103 cm³/mol. The second-order valence-corrected chi connectivity index (χ2v) is 13.1. The van der Waals surface area contributed by atoms with Crippen LogP contribution in [0.25, 0.3) is 0 Å². The van der Waals surface area contributed by atoms with Gasteiger partial charge in [0.05, 0.1) is 0 Å². The molecule has 0 unspecified atom stereocenters. The Labute approximate surface area is 161 Å². The van der Waals surface area contributed by atoms with Gasteiger partial charge in [-0.1, -0.05) is 0 Å². The maximum absolute atomic E-state index is 3.81. The molecule has 0 amide bonds. The fraction of sp³-hybridized carbons (Fsp3) is 0.636. The monoisotopic (exact) mass is 403 g/mol. The first-order valence-electron chi connectivity index (χ1n) is 9.08. The van der Waals surface area contributed by atoms with Crippen molar-refractivity contribution >= 4 is 3.27 Å². The molecule has 132 valence electrons. The Kier molecular flexibility index (Phi) is 5.09. The maximum atomic E-state index is 3.81. The van der Waals surface area contributed by atoms with Crippen LogP contribution in [-0.4, -0.2) is 4.98 Å². The van der Waals surface area contributed by atoms with Crippen LogP contribution in [0.5, 0.6) is 0 Å². The molecule has 2 rings (SSSR count). The summed E-state index contributed by atoms with van der Waals surface area (Å²) >= 11 is -0.834. The zero-order valence-corrected chi connectivity index (χ0v) is 20.0. The van der Waals surface area contributed by atoms with E-state index >= 15 is 0 Å². The minimum absolute atomic E-state index is 0.175. The summed E-state index contributed by atoms with van der Waals surface area (Å²) in [6, 6.07) is 2.49. The molecule has 0 aliphatic heterocycles. The first-order valence-corrected chi connectivity index (χ1v) is 11.5. The van der Waals surface area contributed by atoms with E-state index in [-0.39, 0.29) is 16.2 Å². The molecule has 0 radical (unpaired) electrons. The molecule has 0 saturated heterocycles. The van der Waals surface area contributed by atoms with Crippen molar-refractivity contribution in [2.45, 2.75) is 87.0 Å². The van der Waals surface area contributed by atoms with E-state index in [9.17, 15) is 0 Å². The first kappa shape index (κ1) is 20.0. The molecule has 2 heteroatoms. The van der Waals surface area contributed by atoms with Crippen LogP contribution in [0.2, 0.25) is 0 Å². The molecular weight excluding hydrogens is 369 g/mol. The van der Waals surface area contributed by atoms with Gasteiger partial charge in [-0.2, -0.15) is 0 Å². The number of hydrogen-bond acceptors (Lipinski definition) is 0. The summed E-state index contributed by atoms with van der Waals surface area (Å²) < 4.78 is 3.40. The third-order valence-corrected chi connectivity index (χ3v) is 10.4. The van der Waals surface area contributed by atoms with E-state index in [1.165, 1.54) is 17.0 Å². The van der Waals surface area contributed by atoms with Crippen LogP contribution >= 0.6 is 0 Å². The summed E-state index contributed by atoms with van der Waals surface area (Å²) in [5, 5.41) is 0. The third-order valence-electron chi connectivity index (χ3n) is 5.70. The van der Waals surface area contributed by atoms with E-state index in [2.05, 4.69) is 87.2 Å². The second-order valence-electron chi connectivity index (χ2n) is 9.97. The van der Waals surface area contributed by atoms with E-state index in [1.807, 2.05) is 0 Å². The summed E-state index contributed by atoms with van der Waals surface area (Å²) in [5.41, 5.74) is 8.12. The summed E-state index contributed by atoms with van der Waals surface area (Å²) in [7, 11) is 0. The number of aromatic amines is 1. The van der Waals surface area contributed by atoms with Crippen LogP contribution < -0.4 is 3.27 Å². The van der Waals surface area contributed by atoms with Crippen LogP contribution in [0.4, 0.5) is 0 Å². The summed E-state index contributed by atoms with van der Waals surface area (Å²) in [6.07, 6.45) is 0. The fourth-order valence-electron chi connectivity index (χ4n) is 3.53. The van der Waals surface area contributed by atoms with Gasteiger partial charge in [0.1, 0.15) is 0 Å². The summed E-state index contributed by atoms with van der Waals surface area (Å²) in [4.78, 5) is 3.81. The molecule has 0 spiro atoms. The zero-order chi connectivity index (χ0) is 18.7. The summed E-state index contributed by atoms with van der Waals surface area (Å²) in [5.74, 6) is 0. The molecule has 1 N–H and O–H groups in total. The van der Waals surface area contributed by atoms with Crippen LogP contribution in [-0.2, 0) is 34.1 Å². The standard InChI is InChI=1S/C12H20N.C10H15.Zr/c1-11(2,3)9-7-8-10(13-9)12(4,5)6;1-7-6-10(4,5)9(3)8(7)2;/h7,13H,1-6H3;1-5H3;. The molecule has 1 aromatic rings. The Morgan fingerprint density at radius 2 is 1.42 bits per heavy atom. The SMILES string of the molecule is CC1=C(C)C(C)(C)[C]([Zr][c]2cc(C(C)(C)C)[nH]c2C(C)(C)C)=C1C. The third kappa shape index (κ3) is 3.46. The van der Waals surface area contributed by atoms with E-state index in [0.29, 0.717) is 0 Å². The van der Waals surface area contributed by atoms with Crippen molar-refractivity contribution in [1.29, 1.82) is 0 Å². The molecule has 1 heterocycles. The summed E-state index contributed by atoms with van der Waals surface area (Å²) in [6.45, 7) is 25.8. The Morgan fingerprint density at radius 1 is 0.875 bits per heavy atom. The molecule has 0 bridgehead atoms. The van der Waals surface area contributed by atoms with Crippen LogP contribution in [0, 0.1) is 5.41 Å².